The van der Waals surface area contributed by atoms with Crippen molar-refractivity contribution in [3.63, 3.8) is 0 Å². The summed E-state index contributed by atoms with van der Waals surface area (Å²) >= 11 is 0. The highest BCUT2D eigenvalue weighted by Crippen LogP contribution is 2.32. The molecule has 1 aromatic rings. The lowest BCUT2D eigenvalue weighted by atomic mass is 10.1. The monoisotopic (exact) mass is 248 g/mol. The molecule has 2 rings (SSSR count). The third-order valence-electron chi connectivity index (χ3n) is 3.99. The molecule has 0 aliphatic heterocycles. The number of benzene rings is 1. The first-order chi connectivity index (χ1) is 8.72. The Morgan fingerprint density at radius 2 is 1.83 bits per heavy atom. The average Bonchev–Trinajstić information content (AvgIpc) is 2.67. The number of rotatable bonds is 3. The van der Waals surface area contributed by atoms with Crippen LogP contribution in [-0.4, -0.2) is 20.2 Å². The van der Waals surface area contributed by atoms with E-state index in [4.69, 9.17) is 10.5 Å². The number of anilines is 2. The van der Waals surface area contributed by atoms with Gasteiger partial charge in [0.05, 0.1) is 18.5 Å². The molecular weight excluding hydrogens is 224 g/mol. The molecule has 0 aromatic heterocycles. The number of nitrogens with two attached hydrogens (primary N) is 1. The fraction of sp³-hybridized carbons (Fsp3) is 0.600. The maximum atomic E-state index is 6.09. The molecule has 0 saturated heterocycles. The Hall–Kier alpha value is -1.38. The van der Waals surface area contributed by atoms with Gasteiger partial charge in [0.15, 0.2) is 0 Å². The molecule has 0 heterocycles. The van der Waals surface area contributed by atoms with E-state index in [1.54, 1.807) is 7.11 Å². The summed E-state index contributed by atoms with van der Waals surface area (Å²) in [5.74, 6) is 0.875. The SMILES string of the molecule is COc1ccc(N)c(N(C)C2CCCCCC2)c1. The zero-order valence-electron chi connectivity index (χ0n) is 11.5. The molecule has 1 fully saturated rings. The number of ether oxygens (including phenoxy) is 1. The number of hydrogen-bond donors (Lipinski definition) is 1. The molecule has 1 aromatic carbocycles. The largest absolute Gasteiger partial charge is 0.497 e. The quantitative estimate of drug-likeness (QED) is 0.658. The van der Waals surface area contributed by atoms with E-state index in [0.717, 1.165) is 17.1 Å². The van der Waals surface area contributed by atoms with Crippen LogP contribution < -0.4 is 15.4 Å². The number of nitrogens with zero attached hydrogens (tertiary/aromatic N) is 1. The van der Waals surface area contributed by atoms with E-state index in [1.165, 1.54) is 38.5 Å². The summed E-state index contributed by atoms with van der Waals surface area (Å²) in [4.78, 5) is 2.34. The van der Waals surface area contributed by atoms with Crippen LogP contribution in [0.25, 0.3) is 0 Å². The first-order valence-corrected chi connectivity index (χ1v) is 6.88. The molecule has 1 aliphatic carbocycles. The van der Waals surface area contributed by atoms with E-state index in [2.05, 4.69) is 11.9 Å². The minimum atomic E-state index is 0.613. The summed E-state index contributed by atoms with van der Waals surface area (Å²) in [6, 6.07) is 6.50. The highest BCUT2D eigenvalue weighted by molar-refractivity contribution is 5.69. The third-order valence-corrected chi connectivity index (χ3v) is 3.99. The Bertz CT molecular complexity index is 384. The van der Waals surface area contributed by atoms with Crippen LogP contribution in [0.4, 0.5) is 11.4 Å². The molecule has 1 saturated carbocycles. The highest BCUT2D eigenvalue weighted by Gasteiger charge is 2.19. The predicted octanol–water partition coefficient (Wildman–Crippen LogP) is 3.44. The van der Waals surface area contributed by atoms with Gasteiger partial charge in [-0.05, 0) is 25.0 Å². The molecule has 2 N–H and O–H groups in total. The average molecular weight is 248 g/mol. The van der Waals surface area contributed by atoms with Gasteiger partial charge in [0.1, 0.15) is 5.75 Å². The van der Waals surface area contributed by atoms with Gasteiger partial charge in [-0.25, -0.2) is 0 Å². The third kappa shape index (κ3) is 2.89. The van der Waals surface area contributed by atoms with Gasteiger partial charge < -0.3 is 15.4 Å². The van der Waals surface area contributed by atoms with Crippen molar-refractivity contribution in [2.45, 2.75) is 44.6 Å². The molecule has 0 amide bonds. The van der Waals surface area contributed by atoms with Gasteiger partial charge in [0.2, 0.25) is 0 Å². The van der Waals surface area contributed by atoms with Gasteiger partial charge in [-0.3, -0.25) is 0 Å². The molecule has 0 radical (unpaired) electrons. The van der Waals surface area contributed by atoms with E-state index < -0.39 is 0 Å². The van der Waals surface area contributed by atoms with E-state index in [9.17, 15) is 0 Å². The highest BCUT2D eigenvalue weighted by atomic mass is 16.5. The smallest absolute Gasteiger partial charge is 0.121 e. The molecule has 1 aliphatic rings. The molecule has 100 valence electrons. The van der Waals surface area contributed by atoms with Crippen molar-refractivity contribution < 1.29 is 4.74 Å². The van der Waals surface area contributed by atoms with Crippen LogP contribution in [0.2, 0.25) is 0 Å². The molecule has 0 bridgehead atoms. The fourth-order valence-electron chi connectivity index (χ4n) is 2.80. The van der Waals surface area contributed by atoms with E-state index in [0.29, 0.717) is 6.04 Å². The van der Waals surface area contributed by atoms with E-state index in [1.807, 2.05) is 18.2 Å². The van der Waals surface area contributed by atoms with Gasteiger partial charge in [0, 0.05) is 19.2 Å². The maximum Gasteiger partial charge on any atom is 0.121 e. The molecular formula is C15H24N2O. The number of hydrogen-bond acceptors (Lipinski definition) is 3. The van der Waals surface area contributed by atoms with Crippen LogP contribution in [0.15, 0.2) is 18.2 Å². The molecule has 3 nitrogen and oxygen atoms in total. The lowest BCUT2D eigenvalue weighted by molar-refractivity contribution is 0.414. The Morgan fingerprint density at radius 3 is 2.44 bits per heavy atom. The van der Waals surface area contributed by atoms with Crippen molar-refractivity contribution in [2.75, 3.05) is 24.8 Å². The molecule has 0 atom stereocenters. The zero-order chi connectivity index (χ0) is 13.0. The van der Waals surface area contributed by atoms with Gasteiger partial charge >= 0.3 is 0 Å². The van der Waals surface area contributed by atoms with Crippen LogP contribution in [0, 0.1) is 0 Å². The van der Waals surface area contributed by atoms with Crippen molar-refractivity contribution in [3.8, 4) is 5.75 Å². The summed E-state index contributed by atoms with van der Waals surface area (Å²) in [5, 5.41) is 0. The minimum Gasteiger partial charge on any atom is -0.497 e. The topological polar surface area (TPSA) is 38.5 Å². The summed E-state index contributed by atoms with van der Waals surface area (Å²) < 4.78 is 5.29. The van der Waals surface area contributed by atoms with E-state index >= 15 is 0 Å². The second kappa shape index (κ2) is 5.98. The molecule has 3 heteroatoms. The number of methoxy groups -OCH3 is 1. The minimum absolute atomic E-state index is 0.613. The summed E-state index contributed by atoms with van der Waals surface area (Å²) in [6.45, 7) is 0. The Labute approximate surface area is 110 Å². The van der Waals surface area contributed by atoms with Gasteiger partial charge in [-0.2, -0.15) is 0 Å². The predicted molar refractivity (Wildman–Crippen MR) is 77.3 cm³/mol. The zero-order valence-corrected chi connectivity index (χ0v) is 11.5. The maximum absolute atomic E-state index is 6.09. The number of nitrogen functional groups attached to an aromatic ring is 1. The summed E-state index contributed by atoms with van der Waals surface area (Å²) in [7, 11) is 3.85. The van der Waals surface area contributed by atoms with Crippen molar-refractivity contribution in [1.82, 2.24) is 0 Å². The van der Waals surface area contributed by atoms with Crippen molar-refractivity contribution >= 4 is 11.4 Å². The van der Waals surface area contributed by atoms with Gasteiger partial charge in [-0.1, -0.05) is 25.7 Å². The summed E-state index contributed by atoms with van der Waals surface area (Å²) in [5.41, 5.74) is 8.03. The van der Waals surface area contributed by atoms with Crippen LogP contribution in [0.3, 0.4) is 0 Å². The lowest BCUT2D eigenvalue weighted by Gasteiger charge is -2.30. The van der Waals surface area contributed by atoms with Crippen molar-refractivity contribution in [1.29, 1.82) is 0 Å². The first kappa shape index (κ1) is 13.1. The van der Waals surface area contributed by atoms with Crippen molar-refractivity contribution in [3.05, 3.63) is 18.2 Å². The Morgan fingerprint density at radius 1 is 1.17 bits per heavy atom. The van der Waals surface area contributed by atoms with Crippen LogP contribution in [0.5, 0.6) is 5.75 Å². The Balaban J connectivity index is 2.18. The van der Waals surface area contributed by atoms with Crippen molar-refractivity contribution in [2.24, 2.45) is 0 Å². The van der Waals surface area contributed by atoms with E-state index in [-0.39, 0.29) is 0 Å². The lowest BCUT2D eigenvalue weighted by Crippen LogP contribution is -2.31. The van der Waals surface area contributed by atoms with Crippen LogP contribution in [-0.2, 0) is 0 Å². The first-order valence-electron chi connectivity index (χ1n) is 6.88. The molecule has 18 heavy (non-hydrogen) atoms. The van der Waals surface area contributed by atoms with Crippen LogP contribution in [0.1, 0.15) is 38.5 Å². The fourth-order valence-corrected chi connectivity index (χ4v) is 2.80. The van der Waals surface area contributed by atoms with Gasteiger partial charge in [-0.15, -0.1) is 0 Å². The Kier molecular flexibility index (Phi) is 4.34. The standard InChI is InChI=1S/C15H24N2O/c1-17(12-7-5-3-4-6-8-12)15-11-13(18-2)9-10-14(15)16/h9-12H,3-8,16H2,1-2H3. The molecule has 0 unspecified atom stereocenters. The van der Waals surface area contributed by atoms with Crippen LogP contribution >= 0.6 is 0 Å². The normalized spacial score (nSPS) is 17.2. The second-order valence-electron chi connectivity index (χ2n) is 5.18. The molecule has 0 spiro atoms. The second-order valence-corrected chi connectivity index (χ2v) is 5.18. The van der Waals surface area contributed by atoms with Gasteiger partial charge in [0.25, 0.3) is 0 Å². The summed E-state index contributed by atoms with van der Waals surface area (Å²) in [6.07, 6.45) is 7.95.